The minimum atomic E-state index is -0.751. The van der Waals surface area contributed by atoms with Crippen LogP contribution in [-0.2, 0) is 4.74 Å². The second-order valence-electron chi connectivity index (χ2n) is 12.6. The number of phenolic OH excluding ortho intramolecular Hbond substituents is 1. The van der Waals surface area contributed by atoms with E-state index in [9.17, 15) is 14.7 Å². The van der Waals surface area contributed by atoms with Crippen molar-refractivity contribution in [1.82, 2.24) is 24.4 Å². The van der Waals surface area contributed by atoms with E-state index >= 15 is 4.39 Å². The third kappa shape index (κ3) is 5.30. The molecule has 0 spiro atoms. The number of anilines is 1. The fourth-order valence-electron chi connectivity index (χ4n) is 5.87. The van der Waals surface area contributed by atoms with Gasteiger partial charge in [-0.25, -0.2) is 23.5 Å². The molecule has 2 aliphatic rings. The van der Waals surface area contributed by atoms with Crippen LogP contribution >= 0.6 is 11.6 Å². The molecule has 4 aromatic rings. The summed E-state index contributed by atoms with van der Waals surface area (Å²) in [5.41, 5.74) is 0.383. The van der Waals surface area contributed by atoms with Crippen molar-refractivity contribution >= 4 is 34.5 Å². The summed E-state index contributed by atoms with van der Waals surface area (Å²) in [5, 5.41) is 11.0. The van der Waals surface area contributed by atoms with E-state index in [0.717, 1.165) is 5.56 Å². The molecular weight excluding hydrogens is 603 g/mol. The Balaban J connectivity index is 1.63. The summed E-state index contributed by atoms with van der Waals surface area (Å²) in [7, 11) is 0. The van der Waals surface area contributed by atoms with Crippen molar-refractivity contribution in [2.75, 3.05) is 31.1 Å². The Morgan fingerprint density at radius 2 is 1.96 bits per heavy atom. The van der Waals surface area contributed by atoms with Crippen molar-refractivity contribution in [3.8, 4) is 28.4 Å². The van der Waals surface area contributed by atoms with Gasteiger partial charge in [0.25, 0.3) is 0 Å². The van der Waals surface area contributed by atoms with Gasteiger partial charge in [0, 0.05) is 25.8 Å². The van der Waals surface area contributed by atoms with Crippen molar-refractivity contribution < 1.29 is 23.8 Å². The summed E-state index contributed by atoms with van der Waals surface area (Å²) < 4.78 is 28.6. The Labute approximate surface area is 264 Å². The maximum atomic E-state index is 15.3. The molecular formula is C32H34ClFN6O5. The minimum Gasteiger partial charge on any atom is -0.507 e. The van der Waals surface area contributed by atoms with Gasteiger partial charge < -0.3 is 24.4 Å². The zero-order valence-corrected chi connectivity index (χ0v) is 26.6. The molecule has 1 saturated heterocycles. The van der Waals surface area contributed by atoms with Gasteiger partial charge in [-0.1, -0.05) is 31.5 Å². The lowest BCUT2D eigenvalue weighted by Gasteiger charge is -2.41. The molecule has 0 unspecified atom stereocenters. The van der Waals surface area contributed by atoms with E-state index in [-0.39, 0.29) is 52.5 Å². The van der Waals surface area contributed by atoms with Crippen LogP contribution < -0.4 is 15.3 Å². The van der Waals surface area contributed by atoms with Crippen LogP contribution in [0.5, 0.6) is 11.5 Å². The Morgan fingerprint density at radius 3 is 2.64 bits per heavy atom. The van der Waals surface area contributed by atoms with E-state index in [1.54, 1.807) is 37.9 Å². The second-order valence-corrected chi connectivity index (χ2v) is 13.0. The first-order valence-electron chi connectivity index (χ1n) is 14.7. The molecule has 0 aliphatic carbocycles. The average molecular weight is 637 g/mol. The maximum Gasteiger partial charge on any atom is 0.410 e. The second kappa shape index (κ2) is 11.2. The molecule has 45 heavy (non-hydrogen) atoms. The minimum absolute atomic E-state index is 0.0491. The third-order valence-corrected chi connectivity index (χ3v) is 8.23. The van der Waals surface area contributed by atoms with Gasteiger partial charge in [-0.3, -0.25) is 4.98 Å². The topological polar surface area (TPSA) is 123 Å². The molecule has 11 nitrogen and oxygen atoms in total. The maximum absolute atomic E-state index is 15.3. The van der Waals surface area contributed by atoms with Crippen molar-refractivity contribution in [3.63, 3.8) is 0 Å². The molecule has 0 bridgehead atoms. The van der Waals surface area contributed by atoms with Crippen LogP contribution in [-0.4, -0.2) is 73.5 Å². The zero-order chi connectivity index (χ0) is 32.4. The average Bonchev–Trinajstić information content (AvgIpc) is 3.12. The number of aromatic nitrogens is 4. The fraction of sp³-hybridized carbons (Fsp3) is 0.406. The number of aryl methyl sites for hydroxylation is 1. The molecule has 236 valence electrons. The van der Waals surface area contributed by atoms with Crippen molar-refractivity contribution in [2.45, 2.75) is 59.1 Å². The number of amides is 1. The number of piperazine rings is 1. The predicted molar refractivity (Wildman–Crippen MR) is 168 cm³/mol. The van der Waals surface area contributed by atoms with Gasteiger partial charge in [-0.15, -0.1) is 0 Å². The highest BCUT2D eigenvalue weighted by atomic mass is 35.5. The van der Waals surface area contributed by atoms with Gasteiger partial charge in [0.2, 0.25) is 0 Å². The van der Waals surface area contributed by atoms with Crippen molar-refractivity contribution in [1.29, 1.82) is 0 Å². The standard InChI is InChI=1S/C32H34ClFN6O5/c1-16(2)24-26(17(3)10-11-35-24)40-29-22-27(23(33)25(36-29)21-19(34)8-7-9-20(21)41)44-15-18-14-38(31(43)45-32(4,5)6)12-13-39(18)28(22)37-30(40)42/h7-11,16,18,41H,12-15H2,1-6H3/t18-/m1/s1. The number of hydrogen-bond donors (Lipinski definition) is 1. The van der Waals surface area contributed by atoms with Gasteiger partial charge >= 0.3 is 11.8 Å². The molecule has 1 fully saturated rings. The third-order valence-electron chi connectivity index (χ3n) is 7.88. The van der Waals surface area contributed by atoms with Gasteiger partial charge in [0.05, 0.1) is 23.0 Å². The first-order valence-corrected chi connectivity index (χ1v) is 15.1. The lowest BCUT2D eigenvalue weighted by Crippen LogP contribution is -2.57. The van der Waals surface area contributed by atoms with Gasteiger partial charge in [-0.2, -0.15) is 4.98 Å². The number of aromatic hydroxyl groups is 1. The van der Waals surface area contributed by atoms with Gasteiger partial charge in [-0.05, 0) is 57.4 Å². The Kier molecular flexibility index (Phi) is 7.59. The van der Waals surface area contributed by atoms with E-state index < -0.39 is 29.2 Å². The van der Waals surface area contributed by atoms with Crippen LogP contribution in [0, 0.1) is 12.7 Å². The molecule has 5 heterocycles. The predicted octanol–water partition coefficient (Wildman–Crippen LogP) is 5.59. The van der Waals surface area contributed by atoms with Crippen molar-refractivity contribution in [3.05, 3.63) is 63.0 Å². The van der Waals surface area contributed by atoms with Crippen molar-refractivity contribution in [2.24, 2.45) is 0 Å². The van der Waals surface area contributed by atoms with Crippen LogP contribution in [0.25, 0.3) is 28.0 Å². The lowest BCUT2D eigenvalue weighted by molar-refractivity contribution is 0.0202. The Morgan fingerprint density at radius 1 is 1.20 bits per heavy atom. The molecule has 0 radical (unpaired) electrons. The number of nitrogens with zero attached hydrogens (tertiary/aromatic N) is 6. The lowest BCUT2D eigenvalue weighted by atomic mass is 10.0. The number of hydrogen-bond acceptors (Lipinski definition) is 9. The number of benzene rings is 1. The molecule has 1 amide bonds. The molecule has 6 rings (SSSR count). The molecule has 1 atom stereocenters. The zero-order valence-electron chi connectivity index (χ0n) is 25.9. The molecule has 1 aromatic carbocycles. The number of phenols is 1. The quantitative estimate of drug-likeness (QED) is 0.306. The molecule has 3 aromatic heterocycles. The number of pyridine rings is 2. The smallest absolute Gasteiger partial charge is 0.410 e. The van der Waals surface area contributed by atoms with Crippen LogP contribution in [0.3, 0.4) is 0 Å². The van der Waals surface area contributed by atoms with Crippen LogP contribution in [0.4, 0.5) is 15.0 Å². The number of ether oxygens (including phenoxy) is 2. The molecule has 1 N–H and O–H groups in total. The first-order chi connectivity index (χ1) is 21.3. The van der Waals surface area contributed by atoms with E-state index in [2.05, 4.69) is 9.97 Å². The van der Waals surface area contributed by atoms with E-state index in [1.807, 2.05) is 25.7 Å². The summed E-state index contributed by atoms with van der Waals surface area (Å²) in [6.45, 7) is 12.1. The highest BCUT2D eigenvalue weighted by molar-refractivity contribution is 6.36. The number of halogens is 2. The Bertz CT molecular complexity index is 1890. The molecule has 13 heteroatoms. The highest BCUT2D eigenvalue weighted by Gasteiger charge is 2.39. The molecule has 2 aliphatic heterocycles. The fourth-order valence-corrected chi connectivity index (χ4v) is 6.16. The summed E-state index contributed by atoms with van der Waals surface area (Å²) in [6, 6.07) is 5.26. The number of fused-ring (bicyclic) bond motifs is 2. The number of rotatable bonds is 3. The largest absolute Gasteiger partial charge is 0.507 e. The highest BCUT2D eigenvalue weighted by Crippen LogP contribution is 2.47. The van der Waals surface area contributed by atoms with E-state index in [0.29, 0.717) is 35.7 Å². The summed E-state index contributed by atoms with van der Waals surface area (Å²) in [4.78, 5) is 44.5. The normalized spacial score (nSPS) is 16.4. The number of carbonyl (C=O) groups excluding carboxylic acids is 1. The molecule has 0 saturated carbocycles. The van der Waals surface area contributed by atoms with Gasteiger partial charge in [0.15, 0.2) is 11.4 Å². The SMILES string of the molecule is Cc1ccnc(C(C)C)c1-n1c(=O)nc2c3c(c(Cl)c(-c4c(O)cccc4F)nc31)OC[C@H]1CN(C(=O)OC(C)(C)C)CCN21. The van der Waals surface area contributed by atoms with E-state index in [1.165, 1.54) is 22.8 Å². The van der Waals surface area contributed by atoms with E-state index in [4.69, 9.17) is 26.1 Å². The summed E-state index contributed by atoms with van der Waals surface area (Å²) in [5.74, 6) is -0.766. The Hall–Kier alpha value is -4.45. The monoisotopic (exact) mass is 636 g/mol. The first kappa shape index (κ1) is 30.6. The summed E-state index contributed by atoms with van der Waals surface area (Å²) >= 11 is 6.95. The van der Waals surface area contributed by atoms with Crippen LogP contribution in [0.15, 0.2) is 35.3 Å². The van der Waals surface area contributed by atoms with Crippen LogP contribution in [0.2, 0.25) is 5.02 Å². The van der Waals surface area contributed by atoms with Gasteiger partial charge in [0.1, 0.15) is 45.7 Å². The number of carbonyl (C=O) groups is 1. The van der Waals surface area contributed by atoms with Crippen LogP contribution in [0.1, 0.15) is 51.8 Å². The summed E-state index contributed by atoms with van der Waals surface area (Å²) in [6.07, 6.45) is 1.22.